The molecule has 0 saturated carbocycles. The minimum absolute atomic E-state index is 0.0712. The van der Waals surface area contributed by atoms with Crippen molar-refractivity contribution in [3.63, 3.8) is 0 Å². The van der Waals surface area contributed by atoms with Gasteiger partial charge in [-0.3, -0.25) is 19.6 Å². The minimum atomic E-state index is -0.488. The fraction of sp³-hybridized carbons (Fsp3) is 0.385. The highest BCUT2D eigenvalue weighted by Crippen LogP contribution is 2.47. The number of anilines is 1. The molecule has 0 saturated heterocycles. The van der Waals surface area contributed by atoms with Crippen LogP contribution >= 0.6 is 11.3 Å². The van der Waals surface area contributed by atoms with E-state index in [0.29, 0.717) is 22.7 Å². The Bertz CT molecular complexity index is 1440. The van der Waals surface area contributed by atoms with Crippen LogP contribution in [0.5, 0.6) is 5.75 Å². The maximum Gasteiger partial charge on any atom is 0.256 e. The highest BCUT2D eigenvalue weighted by atomic mass is 32.1. The summed E-state index contributed by atoms with van der Waals surface area (Å²) in [6, 6.07) is 5.61. The third kappa shape index (κ3) is 4.14. The predicted octanol–water partition coefficient (Wildman–Crippen LogP) is 4.59. The summed E-state index contributed by atoms with van der Waals surface area (Å²) in [7, 11) is 3.47. The molecule has 2 aromatic heterocycles. The zero-order chi connectivity index (χ0) is 25.1. The normalized spacial score (nSPS) is 19.6. The number of ketones is 1. The number of nitrogens with one attached hydrogen (secondary N) is 2. The SMILES string of the molecule is COc1ccc2nc(NC(=O)C3=C(C)NC4=C(C(=O)CC(C)(C)C4)[C@@H]3c3cn(C)nc3C)sc2c1. The number of thiazole rings is 1. The first-order valence-electron chi connectivity index (χ1n) is 11.6. The number of methoxy groups -OCH3 is 1. The molecule has 0 radical (unpaired) electrons. The number of fused-ring (bicyclic) bond motifs is 1. The van der Waals surface area contributed by atoms with Gasteiger partial charge in [0.25, 0.3) is 5.91 Å². The Morgan fingerprint density at radius 3 is 2.74 bits per heavy atom. The van der Waals surface area contributed by atoms with Crippen LogP contribution in [0, 0.1) is 12.3 Å². The molecule has 2 aliphatic rings. The van der Waals surface area contributed by atoms with Gasteiger partial charge < -0.3 is 10.1 Å². The Balaban J connectivity index is 1.57. The van der Waals surface area contributed by atoms with Crippen molar-refractivity contribution in [2.75, 3.05) is 12.4 Å². The van der Waals surface area contributed by atoms with Gasteiger partial charge in [0.15, 0.2) is 10.9 Å². The number of Topliss-reactive ketones (excluding diaryl/α,β-unsaturated/α-hetero) is 1. The van der Waals surface area contributed by atoms with Crippen LogP contribution in [0.2, 0.25) is 0 Å². The number of allylic oxidation sites excluding steroid dienone is 3. The fourth-order valence-electron chi connectivity index (χ4n) is 5.20. The molecule has 3 aromatic rings. The highest BCUT2D eigenvalue weighted by molar-refractivity contribution is 7.22. The predicted molar refractivity (Wildman–Crippen MR) is 136 cm³/mol. The quantitative estimate of drug-likeness (QED) is 0.554. The van der Waals surface area contributed by atoms with Gasteiger partial charge in [-0.2, -0.15) is 5.10 Å². The molecule has 0 spiro atoms. The van der Waals surface area contributed by atoms with Crippen molar-refractivity contribution >= 4 is 38.4 Å². The fourth-order valence-corrected chi connectivity index (χ4v) is 6.09. The standard InChI is InChI=1S/C26H29N5O3S/c1-13-16(12-31(5)30-13)22-21(14(2)27-18-10-26(3,4)11-19(32)23(18)22)24(33)29-25-28-17-8-7-15(34-6)9-20(17)35-25/h7-9,12,22,27H,10-11H2,1-6H3,(H,28,29,33)/t22-/m1/s1. The van der Waals surface area contributed by atoms with E-state index in [4.69, 9.17) is 4.74 Å². The molecule has 182 valence electrons. The van der Waals surface area contributed by atoms with Crippen LogP contribution in [-0.2, 0) is 16.6 Å². The number of ether oxygens (including phenoxy) is 1. The molecular weight excluding hydrogens is 462 g/mol. The summed E-state index contributed by atoms with van der Waals surface area (Å²) < 4.78 is 7.95. The second kappa shape index (κ2) is 8.34. The third-order valence-electron chi connectivity index (χ3n) is 6.66. The van der Waals surface area contributed by atoms with Crippen molar-refractivity contribution in [3.8, 4) is 5.75 Å². The molecule has 1 atom stereocenters. The number of hydrogen-bond donors (Lipinski definition) is 2. The average molecular weight is 492 g/mol. The largest absolute Gasteiger partial charge is 0.497 e. The molecule has 1 aromatic carbocycles. The van der Waals surface area contributed by atoms with Gasteiger partial charge in [-0.15, -0.1) is 0 Å². The van der Waals surface area contributed by atoms with Gasteiger partial charge >= 0.3 is 0 Å². The number of nitrogens with zero attached hydrogens (tertiary/aromatic N) is 3. The van der Waals surface area contributed by atoms with Crippen molar-refractivity contribution < 1.29 is 14.3 Å². The van der Waals surface area contributed by atoms with Gasteiger partial charge in [0.1, 0.15) is 5.75 Å². The first-order chi connectivity index (χ1) is 16.6. The van der Waals surface area contributed by atoms with Crippen molar-refractivity contribution in [1.82, 2.24) is 20.1 Å². The first kappa shape index (κ1) is 23.3. The van der Waals surface area contributed by atoms with Crippen LogP contribution in [-0.4, -0.2) is 33.6 Å². The number of hydrogen-bond acceptors (Lipinski definition) is 7. The van der Waals surface area contributed by atoms with Gasteiger partial charge in [-0.05, 0) is 43.9 Å². The first-order valence-corrected chi connectivity index (χ1v) is 12.4. The van der Waals surface area contributed by atoms with E-state index in [1.165, 1.54) is 11.3 Å². The summed E-state index contributed by atoms with van der Waals surface area (Å²) in [6.45, 7) is 8.02. The Kier molecular flexibility index (Phi) is 5.55. The number of amides is 1. The molecule has 0 fully saturated rings. The summed E-state index contributed by atoms with van der Waals surface area (Å²) in [6.07, 6.45) is 3.10. The van der Waals surface area contributed by atoms with Crippen LogP contribution < -0.4 is 15.4 Å². The maximum absolute atomic E-state index is 13.8. The molecule has 1 aliphatic carbocycles. The number of aryl methyl sites for hydroxylation is 2. The molecule has 5 rings (SSSR count). The maximum atomic E-state index is 13.8. The Hall–Kier alpha value is -3.46. The zero-order valence-electron chi connectivity index (χ0n) is 20.8. The summed E-state index contributed by atoms with van der Waals surface area (Å²) in [5.74, 6) is 0.0396. The van der Waals surface area contributed by atoms with Crippen molar-refractivity contribution in [2.45, 2.75) is 46.5 Å². The molecule has 1 aliphatic heterocycles. The van der Waals surface area contributed by atoms with Crippen LogP contribution in [0.3, 0.4) is 0 Å². The lowest BCUT2D eigenvalue weighted by molar-refractivity contribution is -0.118. The molecule has 2 N–H and O–H groups in total. The second-order valence-electron chi connectivity index (χ2n) is 10.1. The number of carbonyl (C=O) groups excluding carboxylic acids is 2. The summed E-state index contributed by atoms with van der Waals surface area (Å²) in [5, 5.41) is 11.4. The van der Waals surface area contributed by atoms with E-state index in [-0.39, 0.29) is 17.1 Å². The molecular formula is C26H29N5O3S. The van der Waals surface area contributed by atoms with Crippen molar-refractivity contribution in [2.24, 2.45) is 12.5 Å². The van der Waals surface area contributed by atoms with Gasteiger partial charge in [-0.1, -0.05) is 25.2 Å². The molecule has 1 amide bonds. The number of dihydropyridines is 1. The topological polar surface area (TPSA) is 98.1 Å². The summed E-state index contributed by atoms with van der Waals surface area (Å²) in [4.78, 5) is 31.8. The molecule has 8 nitrogen and oxygen atoms in total. The Morgan fingerprint density at radius 1 is 1.29 bits per heavy atom. The van der Waals surface area contributed by atoms with Crippen LogP contribution in [0.4, 0.5) is 5.13 Å². The lowest BCUT2D eigenvalue weighted by Crippen LogP contribution is -2.39. The molecule has 0 unspecified atom stereocenters. The number of rotatable bonds is 4. The lowest BCUT2D eigenvalue weighted by Gasteiger charge is -2.39. The monoisotopic (exact) mass is 491 g/mol. The molecule has 3 heterocycles. The van der Waals surface area contributed by atoms with Gasteiger partial charge in [0.2, 0.25) is 0 Å². The lowest BCUT2D eigenvalue weighted by atomic mass is 9.68. The minimum Gasteiger partial charge on any atom is -0.497 e. The van der Waals surface area contributed by atoms with E-state index in [1.807, 2.05) is 45.3 Å². The van der Waals surface area contributed by atoms with E-state index < -0.39 is 5.92 Å². The van der Waals surface area contributed by atoms with Crippen LogP contribution in [0.25, 0.3) is 10.2 Å². The Labute approximate surface area is 208 Å². The highest BCUT2D eigenvalue weighted by Gasteiger charge is 2.43. The van der Waals surface area contributed by atoms with Gasteiger partial charge in [-0.25, -0.2) is 4.98 Å². The number of aromatic nitrogens is 3. The number of benzene rings is 1. The zero-order valence-corrected chi connectivity index (χ0v) is 21.6. The van der Waals surface area contributed by atoms with E-state index >= 15 is 0 Å². The van der Waals surface area contributed by atoms with E-state index in [2.05, 4.69) is 34.6 Å². The van der Waals surface area contributed by atoms with Crippen molar-refractivity contribution in [3.05, 3.63) is 58.2 Å². The Morgan fingerprint density at radius 2 is 2.06 bits per heavy atom. The van der Waals surface area contributed by atoms with Crippen molar-refractivity contribution in [1.29, 1.82) is 0 Å². The third-order valence-corrected chi connectivity index (χ3v) is 7.60. The van der Waals surface area contributed by atoms with Gasteiger partial charge in [0, 0.05) is 53.7 Å². The molecule has 9 heteroatoms. The van der Waals surface area contributed by atoms with E-state index in [1.54, 1.807) is 11.8 Å². The molecule has 35 heavy (non-hydrogen) atoms. The molecule has 0 bridgehead atoms. The van der Waals surface area contributed by atoms with Gasteiger partial charge in [0.05, 0.1) is 23.0 Å². The van der Waals surface area contributed by atoms with E-state index in [9.17, 15) is 9.59 Å². The summed E-state index contributed by atoms with van der Waals surface area (Å²) >= 11 is 1.39. The average Bonchev–Trinajstić information content (AvgIpc) is 3.31. The van der Waals surface area contributed by atoms with Crippen LogP contribution in [0.15, 0.2) is 46.9 Å². The number of carbonyl (C=O) groups is 2. The smallest absolute Gasteiger partial charge is 0.256 e. The second-order valence-corrected chi connectivity index (χ2v) is 11.1. The van der Waals surface area contributed by atoms with E-state index in [0.717, 1.165) is 45.0 Å². The summed E-state index contributed by atoms with van der Waals surface area (Å²) in [5.41, 5.74) is 5.15. The van der Waals surface area contributed by atoms with Crippen LogP contribution in [0.1, 0.15) is 50.8 Å².